The maximum atomic E-state index is 12.1. The smallest absolute Gasteiger partial charge is 0.370 e. The van der Waals surface area contributed by atoms with Gasteiger partial charge in [0.15, 0.2) is 0 Å². The van der Waals surface area contributed by atoms with Gasteiger partial charge in [0.25, 0.3) is 0 Å². The van der Waals surface area contributed by atoms with Crippen LogP contribution in [0.4, 0.5) is 0 Å². The highest BCUT2D eigenvalue weighted by atomic mass is 31.2. The topological polar surface area (TPSA) is 148 Å². The number of carbonyl (C=O) groups excluding carboxylic acids is 2. The van der Waals surface area contributed by atoms with E-state index in [0.29, 0.717) is 0 Å². The summed E-state index contributed by atoms with van der Waals surface area (Å²) in [7, 11) is -4.48. The monoisotopic (exact) mass is 391 g/mol. The van der Waals surface area contributed by atoms with E-state index in [1.54, 1.807) is 48.5 Å². The Morgan fingerprint density at radius 3 is 1.44 bits per heavy atom. The summed E-state index contributed by atoms with van der Waals surface area (Å²) in [5.41, 5.74) is 18.4. The molecule has 0 aromatic heterocycles. The van der Waals surface area contributed by atoms with Gasteiger partial charge in [-0.1, -0.05) is 60.7 Å². The first-order chi connectivity index (χ1) is 12.8. The van der Waals surface area contributed by atoms with Crippen LogP contribution in [0.5, 0.6) is 0 Å². The molecule has 0 fully saturated rings. The number of hydrogen-bond donors (Lipinski definition) is 3. The molecule has 0 amide bonds. The van der Waals surface area contributed by atoms with Gasteiger partial charge in [-0.2, -0.15) is 0 Å². The van der Waals surface area contributed by atoms with Crippen LogP contribution in [0.25, 0.3) is 0 Å². The van der Waals surface area contributed by atoms with Crippen molar-refractivity contribution in [1.82, 2.24) is 0 Å². The predicted octanol–water partition coefficient (Wildman–Crippen LogP) is 1.28. The van der Waals surface area contributed by atoms with Crippen LogP contribution in [0.15, 0.2) is 60.7 Å². The molecule has 2 atom stereocenters. The van der Waals surface area contributed by atoms with E-state index in [9.17, 15) is 14.2 Å². The summed E-state index contributed by atoms with van der Waals surface area (Å²) in [5.74, 6) is -2.07. The van der Waals surface area contributed by atoms with Crippen LogP contribution in [-0.4, -0.2) is 24.0 Å². The number of rotatable bonds is 8. The molecule has 0 saturated carbocycles. The average Bonchev–Trinajstić information content (AvgIpc) is 2.62. The molecule has 0 unspecified atom stereocenters. The van der Waals surface area contributed by atoms with Crippen LogP contribution < -0.4 is 17.0 Å². The van der Waals surface area contributed by atoms with Gasteiger partial charge in [0.05, 0.1) is 0 Å². The zero-order chi connectivity index (χ0) is 19.9. The van der Waals surface area contributed by atoms with Crippen molar-refractivity contribution < 1.29 is 23.2 Å². The fraction of sp³-hybridized carbons (Fsp3) is 0.222. The Kier molecular flexibility index (Phi) is 7.27. The summed E-state index contributed by atoms with van der Waals surface area (Å²) in [5, 5.41) is 0. The lowest BCUT2D eigenvalue weighted by molar-refractivity contribution is -0.140. The average molecular weight is 391 g/mol. The minimum atomic E-state index is -4.48. The summed E-state index contributed by atoms with van der Waals surface area (Å²) in [6.45, 7) is 0. The zero-order valence-electron chi connectivity index (χ0n) is 14.6. The molecule has 2 aromatic rings. The first kappa shape index (κ1) is 20.8. The van der Waals surface area contributed by atoms with Gasteiger partial charge in [0, 0.05) is 0 Å². The fourth-order valence-corrected chi connectivity index (χ4v) is 3.12. The minimum Gasteiger partial charge on any atom is -0.370 e. The molecule has 9 heteroatoms. The molecular formula is C18H22N3O5P. The van der Waals surface area contributed by atoms with Crippen LogP contribution >= 0.6 is 7.75 Å². The standard InChI is InChI=1S/C18H22N3O5P/c19-15(11-13-7-3-1-4-8-13)17(22)25-27(21,24)26-18(23)16(20)12-14-9-5-2-6-10-14/h1-10,15-16H,11-12,19-20H2,(H2,21,24)/t15-,16-/m0/s1. The van der Waals surface area contributed by atoms with Crippen molar-refractivity contribution in [2.75, 3.05) is 0 Å². The van der Waals surface area contributed by atoms with Crippen LogP contribution in [0, 0.1) is 0 Å². The summed E-state index contributed by atoms with van der Waals surface area (Å²) < 4.78 is 21.4. The molecule has 27 heavy (non-hydrogen) atoms. The maximum Gasteiger partial charge on any atom is 0.514 e. The third-order valence-electron chi connectivity index (χ3n) is 3.64. The predicted molar refractivity (Wildman–Crippen MR) is 100 cm³/mol. The van der Waals surface area contributed by atoms with Crippen LogP contribution in [0.3, 0.4) is 0 Å². The lowest BCUT2D eigenvalue weighted by Crippen LogP contribution is -2.37. The Morgan fingerprint density at radius 2 is 1.11 bits per heavy atom. The number of carbonyl (C=O) groups is 2. The van der Waals surface area contributed by atoms with Crippen molar-refractivity contribution in [3.63, 3.8) is 0 Å². The Bertz CT molecular complexity index is 751. The van der Waals surface area contributed by atoms with Crippen molar-refractivity contribution in [2.24, 2.45) is 17.0 Å². The van der Waals surface area contributed by atoms with E-state index in [1.807, 2.05) is 12.1 Å². The third kappa shape index (κ3) is 6.96. The molecule has 0 saturated heterocycles. The molecule has 144 valence electrons. The highest BCUT2D eigenvalue weighted by molar-refractivity contribution is 7.52. The molecule has 8 nitrogen and oxygen atoms in total. The maximum absolute atomic E-state index is 12.1. The molecule has 0 bridgehead atoms. The summed E-state index contributed by atoms with van der Waals surface area (Å²) in [6, 6.07) is 15.7. The van der Waals surface area contributed by atoms with Crippen molar-refractivity contribution in [3.05, 3.63) is 71.8 Å². The van der Waals surface area contributed by atoms with E-state index in [4.69, 9.17) is 17.0 Å². The van der Waals surface area contributed by atoms with Gasteiger partial charge in [-0.3, -0.25) is 0 Å². The lowest BCUT2D eigenvalue weighted by atomic mass is 10.1. The second-order valence-corrected chi connectivity index (χ2v) is 7.40. The third-order valence-corrected chi connectivity index (χ3v) is 4.51. The first-order valence-corrected chi connectivity index (χ1v) is 9.82. The Balaban J connectivity index is 1.88. The minimum absolute atomic E-state index is 0.154. The van der Waals surface area contributed by atoms with E-state index in [-0.39, 0.29) is 12.8 Å². The van der Waals surface area contributed by atoms with Gasteiger partial charge in [-0.05, 0) is 24.0 Å². The van der Waals surface area contributed by atoms with Gasteiger partial charge < -0.3 is 20.5 Å². The van der Waals surface area contributed by atoms with E-state index in [1.165, 1.54) is 0 Å². The van der Waals surface area contributed by atoms with Gasteiger partial charge >= 0.3 is 19.7 Å². The molecule has 0 aliphatic carbocycles. The molecule has 0 aliphatic rings. The van der Waals surface area contributed by atoms with Crippen molar-refractivity contribution in [1.29, 1.82) is 0 Å². The van der Waals surface area contributed by atoms with Crippen LogP contribution in [0.1, 0.15) is 11.1 Å². The molecular weight excluding hydrogens is 369 g/mol. The van der Waals surface area contributed by atoms with Gasteiger partial charge in [-0.25, -0.2) is 19.7 Å². The van der Waals surface area contributed by atoms with Crippen molar-refractivity contribution in [2.45, 2.75) is 24.9 Å². The normalized spacial score (nSPS) is 13.4. The highest BCUT2D eigenvalue weighted by Gasteiger charge is 2.32. The molecule has 6 N–H and O–H groups in total. The van der Waals surface area contributed by atoms with Crippen LogP contribution in [0.2, 0.25) is 0 Å². The van der Waals surface area contributed by atoms with Gasteiger partial charge in [0.2, 0.25) is 0 Å². The number of nitrogens with two attached hydrogens (primary N) is 3. The summed E-state index contributed by atoms with van der Waals surface area (Å²) in [6.07, 6.45) is 0.308. The number of benzene rings is 2. The fourth-order valence-electron chi connectivity index (χ4n) is 2.31. The van der Waals surface area contributed by atoms with E-state index >= 15 is 0 Å². The van der Waals surface area contributed by atoms with E-state index < -0.39 is 31.8 Å². The Labute approximate surface area is 157 Å². The van der Waals surface area contributed by atoms with E-state index in [0.717, 1.165) is 11.1 Å². The summed E-state index contributed by atoms with van der Waals surface area (Å²) in [4.78, 5) is 24.0. The first-order valence-electron chi connectivity index (χ1n) is 8.21. The molecule has 0 spiro atoms. The van der Waals surface area contributed by atoms with E-state index in [2.05, 4.69) is 9.05 Å². The summed E-state index contributed by atoms with van der Waals surface area (Å²) >= 11 is 0. The number of hydrogen-bond acceptors (Lipinski definition) is 7. The molecule has 0 heterocycles. The molecule has 0 radical (unpaired) electrons. The van der Waals surface area contributed by atoms with Crippen molar-refractivity contribution in [3.8, 4) is 0 Å². The quantitative estimate of drug-likeness (QED) is 0.570. The molecule has 0 aliphatic heterocycles. The lowest BCUT2D eigenvalue weighted by Gasteiger charge is -2.18. The second-order valence-electron chi connectivity index (χ2n) is 5.95. The van der Waals surface area contributed by atoms with Gasteiger partial charge in [0.1, 0.15) is 12.1 Å². The Hall–Kier alpha value is -2.51. The molecule has 2 aromatic carbocycles. The Morgan fingerprint density at radius 1 is 0.778 bits per heavy atom. The SMILES string of the molecule is N[C@@H](Cc1ccccc1)C(=O)OP(N)(=O)OC(=O)[C@@H](N)Cc1ccccc1. The highest BCUT2D eigenvalue weighted by Crippen LogP contribution is 2.40. The zero-order valence-corrected chi connectivity index (χ0v) is 15.5. The molecule has 2 rings (SSSR count). The van der Waals surface area contributed by atoms with Crippen LogP contribution in [-0.2, 0) is 36.0 Å². The largest absolute Gasteiger partial charge is 0.514 e. The van der Waals surface area contributed by atoms with Crippen molar-refractivity contribution >= 4 is 19.7 Å². The second kappa shape index (κ2) is 9.43. The van der Waals surface area contributed by atoms with Gasteiger partial charge in [-0.15, -0.1) is 0 Å².